The van der Waals surface area contributed by atoms with Crippen LogP contribution in [0.25, 0.3) is 0 Å². The molecule has 2 atom stereocenters. The number of carbonyl (C=O) groups excluding carboxylic acids is 2. The molecule has 0 saturated carbocycles. The molecule has 26 heavy (non-hydrogen) atoms. The number of alkyl carbamates (subject to hydrolysis) is 1. The Morgan fingerprint density at radius 1 is 1.27 bits per heavy atom. The van der Waals surface area contributed by atoms with Crippen molar-refractivity contribution < 1.29 is 27.8 Å². The van der Waals surface area contributed by atoms with Crippen LogP contribution in [0.5, 0.6) is 5.75 Å². The molecule has 1 heterocycles. The molecule has 1 saturated heterocycles. The molecule has 2 rings (SSSR count). The number of carbonyl (C=O) groups is 2. The maximum atomic E-state index is 14.5. The van der Waals surface area contributed by atoms with E-state index in [0.717, 1.165) is 12.1 Å². The zero-order valence-corrected chi connectivity index (χ0v) is 15.6. The Morgan fingerprint density at radius 2 is 1.85 bits per heavy atom. The second-order valence-electron chi connectivity index (χ2n) is 7.34. The average Bonchev–Trinajstić information content (AvgIpc) is 2.49. The number of piperidine rings is 1. The number of likely N-dealkylation sites (tertiary alicyclic amines) is 1. The van der Waals surface area contributed by atoms with Crippen molar-refractivity contribution in [2.45, 2.75) is 44.8 Å². The van der Waals surface area contributed by atoms with E-state index in [1.807, 2.05) is 0 Å². The van der Waals surface area contributed by atoms with Gasteiger partial charge in [0.2, 0.25) is 5.91 Å². The number of hydrogen-bond acceptors (Lipinski definition) is 4. The van der Waals surface area contributed by atoms with E-state index in [4.69, 9.17) is 9.47 Å². The SMILES string of the molecule is COc1cc(F)c(C2CN(C)C(=O)CC2NC(=O)OC(C)(C)C)c(F)c1. The van der Waals surface area contributed by atoms with Gasteiger partial charge in [0.05, 0.1) is 7.11 Å². The van der Waals surface area contributed by atoms with Crippen molar-refractivity contribution in [1.82, 2.24) is 10.2 Å². The molecule has 2 unspecified atom stereocenters. The first-order valence-electron chi connectivity index (χ1n) is 8.28. The summed E-state index contributed by atoms with van der Waals surface area (Å²) in [5, 5.41) is 2.58. The van der Waals surface area contributed by atoms with E-state index in [1.165, 1.54) is 12.0 Å². The summed E-state index contributed by atoms with van der Waals surface area (Å²) in [4.78, 5) is 25.5. The number of amides is 2. The molecular formula is C18H24F2N2O4. The Hall–Kier alpha value is -2.38. The molecule has 0 spiro atoms. The number of rotatable bonds is 3. The second kappa shape index (κ2) is 7.47. The quantitative estimate of drug-likeness (QED) is 0.888. The lowest BCUT2D eigenvalue weighted by atomic mass is 9.85. The van der Waals surface area contributed by atoms with E-state index >= 15 is 0 Å². The number of ether oxygens (including phenoxy) is 2. The van der Waals surface area contributed by atoms with Crippen LogP contribution in [0.4, 0.5) is 13.6 Å². The first kappa shape index (κ1) is 19.9. The van der Waals surface area contributed by atoms with E-state index < -0.39 is 35.3 Å². The minimum Gasteiger partial charge on any atom is -0.497 e. The van der Waals surface area contributed by atoms with E-state index in [0.29, 0.717) is 0 Å². The van der Waals surface area contributed by atoms with Crippen LogP contribution in [-0.4, -0.2) is 49.2 Å². The number of likely N-dealkylation sites (N-methyl/N-ethyl adjacent to an activating group) is 1. The van der Waals surface area contributed by atoms with Gasteiger partial charge < -0.3 is 19.7 Å². The highest BCUT2D eigenvalue weighted by molar-refractivity contribution is 5.79. The van der Waals surface area contributed by atoms with Gasteiger partial charge in [-0.15, -0.1) is 0 Å². The molecule has 0 bridgehead atoms. The predicted octanol–water partition coefficient (Wildman–Crippen LogP) is 2.81. The highest BCUT2D eigenvalue weighted by Gasteiger charge is 2.38. The van der Waals surface area contributed by atoms with Crippen LogP contribution in [-0.2, 0) is 9.53 Å². The lowest BCUT2D eigenvalue weighted by Gasteiger charge is -2.37. The summed E-state index contributed by atoms with van der Waals surface area (Å²) in [6, 6.07) is 1.38. The van der Waals surface area contributed by atoms with Crippen molar-refractivity contribution in [3.8, 4) is 5.75 Å². The molecule has 1 aromatic carbocycles. The highest BCUT2D eigenvalue weighted by Crippen LogP contribution is 2.33. The summed E-state index contributed by atoms with van der Waals surface area (Å²) in [7, 11) is 2.87. The van der Waals surface area contributed by atoms with E-state index in [1.54, 1.807) is 27.8 Å². The van der Waals surface area contributed by atoms with Gasteiger partial charge in [-0.1, -0.05) is 0 Å². The number of methoxy groups -OCH3 is 1. The summed E-state index contributed by atoms with van der Waals surface area (Å²) in [5.74, 6) is -2.50. The standard InChI is InChI=1S/C18H24F2N2O4/c1-18(2,3)26-17(24)21-14-8-15(23)22(4)9-11(14)16-12(19)6-10(25-5)7-13(16)20/h6-7,11,14H,8-9H2,1-5H3,(H,21,24). The average molecular weight is 370 g/mol. The van der Waals surface area contributed by atoms with Crippen LogP contribution in [0.1, 0.15) is 38.7 Å². The van der Waals surface area contributed by atoms with Crippen LogP contribution in [0.3, 0.4) is 0 Å². The summed E-state index contributed by atoms with van der Waals surface area (Å²) >= 11 is 0. The first-order chi connectivity index (χ1) is 12.0. The Labute approximate surface area is 151 Å². The summed E-state index contributed by atoms with van der Waals surface area (Å²) in [5.41, 5.74) is -0.919. The fourth-order valence-corrected chi connectivity index (χ4v) is 2.95. The molecule has 1 aliphatic rings. The molecule has 1 fully saturated rings. The van der Waals surface area contributed by atoms with E-state index in [2.05, 4.69) is 5.32 Å². The van der Waals surface area contributed by atoms with Gasteiger partial charge in [-0.2, -0.15) is 0 Å². The van der Waals surface area contributed by atoms with Gasteiger partial charge in [0.25, 0.3) is 0 Å². The van der Waals surface area contributed by atoms with Gasteiger partial charge in [0.15, 0.2) is 0 Å². The van der Waals surface area contributed by atoms with Gasteiger partial charge in [-0.25, -0.2) is 13.6 Å². The fourth-order valence-electron chi connectivity index (χ4n) is 2.95. The number of hydrogen-bond donors (Lipinski definition) is 1. The zero-order valence-electron chi connectivity index (χ0n) is 15.6. The summed E-state index contributed by atoms with van der Waals surface area (Å²) in [6.45, 7) is 5.17. The third-order valence-corrected chi connectivity index (χ3v) is 4.14. The van der Waals surface area contributed by atoms with Crippen molar-refractivity contribution in [3.05, 3.63) is 29.3 Å². The molecule has 1 aliphatic heterocycles. The molecule has 8 heteroatoms. The maximum Gasteiger partial charge on any atom is 0.407 e. The molecule has 2 amide bonds. The monoisotopic (exact) mass is 370 g/mol. The third-order valence-electron chi connectivity index (χ3n) is 4.14. The second-order valence-corrected chi connectivity index (χ2v) is 7.34. The van der Waals surface area contributed by atoms with Crippen LogP contribution in [0.15, 0.2) is 12.1 Å². The summed E-state index contributed by atoms with van der Waals surface area (Å²) in [6.07, 6.45) is -0.815. The molecular weight excluding hydrogens is 346 g/mol. The molecule has 6 nitrogen and oxygen atoms in total. The molecule has 1 aromatic rings. The highest BCUT2D eigenvalue weighted by atomic mass is 19.1. The molecule has 144 valence electrons. The third kappa shape index (κ3) is 4.62. The smallest absolute Gasteiger partial charge is 0.407 e. The first-order valence-corrected chi connectivity index (χ1v) is 8.28. The minimum atomic E-state index is -0.786. The predicted molar refractivity (Wildman–Crippen MR) is 91.1 cm³/mol. The largest absolute Gasteiger partial charge is 0.497 e. The van der Waals surface area contributed by atoms with Crippen LogP contribution >= 0.6 is 0 Å². The van der Waals surface area contributed by atoms with Crippen LogP contribution in [0, 0.1) is 11.6 Å². The van der Waals surface area contributed by atoms with Crippen LogP contribution < -0.4 is 10.1 Å². The van der Waals surface area contributed by atoms with Gasteiger partial charge in [0.1, 0.15) is 23.0 Å². The minimum absolute atomic E-state index is 0.0561. The Morgan fingerprint density at radius 3 is 2.35 bits per heavy atom. The van der Waals surface area contributed by atoms with Crippen LogP contribution in [0.2, 0.25) is 0 Å². The van der Waals surface area contributed by atoms with Gasteiger partial charge >= 0.3 is 6.09 Å². The van der Waals surface area contributed by atoms with Crippen molar-refractivity contribution in [2.75, 3.05) is 20.7 Å². The molecule has 0 aromatic heterocycles. The van der Waals surface area contributed by atoms with Gasteiger partial charge in [-0.3, -0.25) is 4.79 Å². The summed E-state index contributed by atoms with van der Waals surface area (Å²) < 4.78 is 39.1. The topological polar surface area (TPSA) is 67.9 Å². The molecule has 1 N–H and O–H groups in total. The number of halogens is 2. The van der Waals surface area contributed by atoms with E-state index in [-0.39, 0.29) is 30.2 Å². The van der Waals surface area contributed by atoms with Crippen molar-refractivity contribution in [1.29, 1.82) is 0 Å². The number of nitrogens with zero attached hydrogens (tertiary/aromatic N) is 1. The van der Waals surface area contributed by atoms with Crippen molar-refractivity contribution in [2.24, 2.45) is 0 Å². The van der Waals surface area contributed by atoms with E-state index in [9.17, 15) is 18.4 Å². The number of nitrogens with one attached hydrogen (secondary N) is 1. The molecule has 0 radical (unpaired) electrons. The van der Waals surface area contributed by atoms with Crippen molar-refractivity contribution >= 4 is 12.0 Å². The Bertz CT molecular complexity index is 680. The zero-order chi connectivity index (χ0) is 19.6. The normalized spacial score (nSPS) is 20.7. The Balaban J connectivity index is 2.33. The lowest BCUT2D eigenvalue weighted by molar-refractivity contribution is -0.133. The van der Waals surface area contributed by atoms with Gasteiger partial charge in [-0.05, 0) is 20.8 Å². The van der Waals surface area contributed by atoms with Gasteiger partial charge in [0, 0.05) is 49.7 Å². The lowest BCUT2D eigenvalue weighted by Crippen LogP contribution is -2.52. The number of benzene rings is 1. The fraction of sp³-hybridized carbons (Fsp3) is 0.556. The molecule has 0 aliphatic carbocycles. The van der Waals surface area contributed by atoms with Crippen molar-refractivity contribution in [3.63, 3.8) is 0 Å². The Kier molecular flexibility index (Phi) is 5.73. The maximum absolute atomic E-state index is 14.5.